The summed E-state index contributed by atoms with van der Waals surface area (Å²) in [6.45, 7) is 5.20. The summed E-state index contributed by atoms with van der Waals surface area (Å²) in [5.41, 5.74) is 1.74. The lowest BCUT2D eigenvalue weighted by Gasteiger charge is -2.48. The maximum absolute atomic E-state index is 14.6. The van der Waals surface area contributed by atoms with Crippen molar-refractivity contribution in [3.8, 4) is 11.1 Å². The zero-order valence-electron chi connectivity index (χ0n) is 17.3. The van der Waals surface area contributed by atoms with Crippen molar-refractivity contribution >= 4 is 11.7 Å². The van der Waals surface area contributed by atoms with Gasteiger partial charge in [-0.25, -0.2) is 9.37 Å². The molecule has 0 bridgehead atoms. The monoisotopic (exact) mass is 416 g/mol. The molecule has 5 nitrogen and oxygen atoms in total. The molecule has 2 aliphatic rings. The zero-order valence-corrected chi connectivity index (χ0v) is 17.3. The average molecular weight is 417 g/mol. The number of nitrogens with zero attached hydrogens (tertiary/aromatic N) is 4. The van der Waals surface area contributed by atoms with Crippen molar-refractivity contribution < 1.29 is 9.18 Å². The molecular formula is C25H25FN4O. The number of hydrogen-bond acceptors (Lipinski definition) is 4. The van der Waals surface area contributed by atoms with Gasteiger partial charge in [0.05, 0.1) is 0 Å². The summed E-state index contributed by atoms with van der Waals surface area (Å²) in [4.78, 5) is 23.8. The Morgan fingerprint density at radius 3 is 2.32 bits per heavy atom. The standard InChI is InChI=1S/C25H25FN4O/c26-23-16-20(9-10-22(23)19-6-2-1-3-7-19)25(31)30-17-21(18-30)28-12-14-29(15-13-28)24-8-4-5-11-27-24/h1-11,16,21H,12-15,17-18H2. The molecular weight excluding hydrogens is 391 g/mol. The fourth-order valence-electron chi connectivity index (χ4n) is 4.39. The first-order valence-corrected chi connectivity index (χ1v) is 10.7. The summed E-state index contributed by atoms with van der Waals surface area (Å²) in [5, 5.41) is 0. The lowest BCUT2D eigenvalue weighted by Crippen LogP contribution is -2.64. The number of pyridine rings is 1. The largest absolute Gasteiger partial charge is 0.354 e. The van der Waals surface area contributed by atoms with Crippen molar-refractivity contribution in [1.82, 2.24) is 14.8 Å². The Kier molecular flexibility index (Phi) is 5.38. The van der Waals surface area contributed by atoms with Crippen LogP contribution in [-0.4, -0.2) is 66.0 Å². The number of likely N-dealkylation sites (tertiary alicyclic amines) is 1. The number of rotatable bonds is 4. The van der Waals surface area contributed by atoms with Crippen LogP contribution in [0.3, 0.4) is 0 Å². The van der Waals surface area contributed by atoms with Crippen molar-refractivity contribution in [2.24, 2.45) is 0 Å². The fourth-order valence-corrected chi connectivity index (χ4v) is 4.39. The number of aromatic nitrogens is 1. The van der Waals surface area contributed by atoms with Crippen LogP contribution in [0, 0.1) is 5.82 Å². The molecule has 0 spiro atoms. The van der Waals surface area contributed by atoms with Gasteiger partial charge < -0.3 is 9.80 Å². The molecule has 158 valence electrons. The number of hydrogen-bond donors (Lipinski definition) is 0. The van der Waals surface area contributed by atoms with E-state index >= 15 is 0 Å². The number of halogens is 1. The normalized spacial score (nSPS) is 17.5. The van der Waals surface area contributed by atoms with E-state index in [-0.39, 0.29) is 11.7 Å². The van der Waals surface area contributed by atoms with Crippen LogP contribution in [0.4, 0.5) is 10.2 Å². The van der Waals surface area contributed by atoms with Gasteiger partial charge in [0.25, 0.3) is 5.91 Å². The van der Waals surface area contributed by atoms with E-state index in [0.717, 1.165) is 37.6 Å². The number of amides is 1. The summed E-state index contributed by atoms with van der Waals surface area (Å²) in [7, 11) is 0. The Morgan fingerprint density at radius 1 is 0.903 bits per heavy atom. The van der Waals surface area contributed by atoms with Gasteiger partial charge in [0.2, 0.25) is 0 Å². The van der Waals surface area contributed by atoms with Gasteiger partial charge in [0.15, 0.2) is 0 Å². The lowest BCUT2D eigenvalue weighted by molar-refractivity contribution is 0.0246. The van der Waals surface area contributed by atoms with Gasteiger partial charge in [0.1, 0.15) is 11.6 Å². The first-order chi connectivity index (χ1) is 15.2. The number of benzene rings is 2. The molecule has 2 aromatic carbocycles. The predicted octanol–water partition coefficient (Wildman–Crippen LogP) is 3.53. The zero-order chi connectivity index (χ0) is 21.2. The second-order valence-corrected chi connectivity index (χ2v) is 8.14. The van der Waals surface area contributed by atoms with E-state index < -0.39 is 0 Å². The highest BCUT2D eigenvalue weighted by Crippen LogP contribution is 2.26. The van der Waals surface area contributed by atoms with Gasteiger partial charge in [-0.1, -0.05) is 42.5 Å². The van der Waals surface area contributed by atoms with Crippen LogP contribution in [0.5, 0.6) is 0 Å². The van der Waals surface area contributed by atoms with Crippen LogP contribution in [0.2, 0.25) is 0 Å². The number of anilines is 1. The molecule has 1 aromatic heterocycles. The van der Waals surface area contributed by atoms with Gasteiger partial charge in [0, 0.05) is 62.6 Å². The molecule has 0 aliphatic carbocycles. The Balaban J connectivity index is 1.16. The molecule has 0 N–H and O–H groups in total. The van der Waals surface area contributed by atoms with Crippen LogP contribution >= 0.6 is 0 Å². The van der Waals surface area contributed by atoms with Crippen molar-refractivity contribution in [3.63, 3.8) is 0 Å². The molecule has 2 saturated heterocycles. The van der Waals surface area contributed by atoms with E-state index in [0.29, 0.717) is 30.3 Å². The van der Waals surface area contributed by atoms with Gasteiger partial charge >= 0.3 is 0 Å². The van der Waals surface area contributed by atoms with Gasteiger partial charge in [-0.15, -0.1) is 0 Å². The summed E-state index contributed by atoms with van der Waals surface area (Å²) in [6.07, 6.45) is 1.83. The van der Waals surface area contributed by atoms with Crippen LogP contribution < -0.4 is 4.90 Å². The fraction of sp³-hybridized carbons (Fsp3) is 0.280. The second kappa shape index (κ2) is 8.47. The van der Waals surface area contributed by atoms with E-state index in [2.05, 4.69) is 14.8 Å². The second-order valence-electron chi connectivity index (χ2n) is 8.14. The molecule has 0 unspecified atom stereocenters. The third kappa shape index (κ3) is 4.03. The highest BCUT2D eigenvalue weighted by Gasteiger charge is 2.36. The average Bonchev–Trinajstić information content (AvgIpc) is 2.79. The first kappa shape index (κ1) is 19.7. The number of carbonyl (C=O) groups is 1. The minimum atomic E-state index is -0.361. The molecule has 2 aliphatic heterocycles. The number of carbonyl (C=O) groups excluding carboxylic acids is 1. The van der Waals surface area contributed by atoms with E-state index in [1.165, 1.54) is 6.07 Å². The van der Waals surface area contributed by atoms with Crippen molar-refractivity contribution in [3.05, 3.63) is 84.3 Å². The molecule has 6 heteroatoms. The molecule has 0 radical (unpaired) electrons. The Hall–Kier alpha value is -3.25. The van der Waals surface area contributed by atoms with Gasteiger partial charge in [-0.05, 0) is 29.8 Å². The molecule has 0 saturated carbocycles. The third-order valence-corrected chi connectivity index (χ3v) is 6.25. The highest BCUT2D eigenvalue weighted by atomic mass is 19.1. The Labute approximate surface area is 181 Å². The minimum Gasteiger partial charge on any atom is -0.354 e. The van der Waals surface area contributed by atoms with Crippen molar-refractivity contribution in [1.29, 1.82) is 0 Å². The summed E-state index contributed by atoms with van der Waals surface area (Å²) in [6, 6.07) is 20.6. The van der Waals surface area contributed by atoms with E-state index in [4.69, 9.17) is 0 Å². The smallest absolute Gasteiger partial charge is 0.254 e. The van der Waals surface area contributed by atoms with Crippen LogP contribution in [-0.2, 0) is 0 Å². The topological polar surface area (TPSA) is 39.7 Å². The molecule has 1 amide bonds. The summed E-state index contributed by atoms with van der Waals surface area (Å²) >= 11 is 0. The van der Waals surface area contributed by atoms with Gasteiger partial charge in [-0.2, -0.15) is 0 Å². The molecule has 3 heterocycles. The molecule has 5 rings (SSSR count). The van der Waals surface area contributed by atoms with E-state index in [9.17, 15) is 9.18 Å². The SMILES string of the molecule is O=C(c1ccc(-c2ccccc2)c(F)c1)N1CC(N2CCN(c3ccccn3)CC2)C1. The molecule has 3 aromatic rings. The third-order valence-electron chi connectivity index (χ3n) is 6.25. The highest BCUT2D eigenvalue weighted by molar-refractivity contribution is 5.95. The van der Waals surface area contributed by atoms with Crippen LogP contribution in [0.25, 0.3) is 11.1 Å². The Morgan fingerprint density at radius 2 is 1.65 bits per heavy atom. The quantitative estimate of drug-likeness (QED) is 0.652. The summed E-state index contributed by atoms with van der Waals surface area (Å²) in [5.74, 6) is 0.565. The van der Waals surface area contributed by atoms with Gasteiger partial charge in [-0.3, -0.25) is 9.69 Å². The molecule has 31 heavy (non-hydrogen) atoms. The van der Waals surface area contributed by atoms with E-state index in [1.54, 1.807) is 12.1 Å². The molecule has 2 fully saturated rings. The maximum atomic E-state index is 14.6. The summed E-state index contributed by atoms with van der Waals surface area (Å²) < 4.78 is 14.6. The van der Waals surface area contributed by atoms with Crippen molar-refractivity contribution in [2.75, 3.05) is 44.2 Å². The number of piperazine rings is 1. The molecule has 0 atom stereocenters. The van der Waals surface area contributed by atoms with Crippen LogP contribution in [0.15, 0.2) is 72.9 Å². The minimum absolute atomic E-state index is 0.0955. The maximum Gasteiger partial charge on any atom is 0.254 e. The van der Waals surface area contributed by atoms with Crippen LogP contribution in [0.1, 0.15) is 10.4 Å². The predicted molar refractivity (Wildman–Crippen MR) is 120 cm³/mol. The lowest BCUT2D eigenvalue weighted by atomic mass is 10.0. The van der Waals surface area contributed by atoms with Crippen molar-refractivity contribution in [2.45, 2.75) is 6.04 Å². The first-order valence-electron chi connectivity index (χ1n) is 10.7. The van der Waals surface area contributed by atoms with E-state index in [1.807, 2.05) is 59.6 Å². The Bertz CT molecular complexity index is 1050.